The van der Waals surface area contributed by atoms with Crippen LogP contribution in [-0.2, 0) is 12.5 Å². The van der Waals surface area contributed by atoms with Crippen molar-refractivity contribution in [2.45, 2.75) is 32.2 Å². The number of nitrogens with zero attached hydrogens (tertiary/aromatic N) is 2. The molecule has 0 aliphatic carbocycles. The molecule has 3 nitrogen and oxygen atoms in total. The Bertz CT molecular complexity index is 535. The van der Waals surface area contributed by atoms with E-state index in [0.717, 1.165) is 5.56 Å². The molecule has 0 saturated heterocycles. The maximum atomic E-state index is 6.37. The maximum Gasteiger partial charge on any atom is 0.0585 e. The highest BCUT2D eigenvalue weighted by Crippen LogP contribution is 2.31. The summed E-state index contributed by atoms with van der Waals surface area (Å²) in [6, 6.07) is 8.26. The van der Waals surface area contributed by atoms with Crippen LogP contribution in [-0.4, -0.2) is 9.78 Å². The normalized spacial score (nSPS) is 13.6. The highest BCUT2D eigenvalue weighted by atomic mass is 15.2. The van der Waals surface area contributed by atoms with Crippen molar-refractivity contribution in [3.05, 3.63) is 53.3 Å². The predicted octanol–water partition coefficient (Wildman–Crippen LogP) is 2.77. The summed E-state index contributed by atoms with van der Waals surface area (Å²) in [5.41, 5.74) is 9.99. The Morgan fingerprint density at radius 2 is 1.89 bits per heavy atom. The minimum absolute atomic E-state index is 0.0937. The molecule has 2 rings (SSSR count). The number of benzene rings is 1. The van der Waals surface area contributed by atoms with E-state index >= 15 is 0 Å². The molecule has 1 aromatic carbocycles. The van der Waals surface area contributed by atoms with Crippen molar-refractivity contribution in [2.75, 3.05) is 0 Å². The van der Waals surface area contributed by atoms with Gasteiger partial charge in [-0.05, 0) is 16.5 Å². The topological polar surface area (TPSA) is 43.8 Å². The Labute approximate surface area is 109 Å². The fraction of sp³-hybridized carbons (Fsp3) is 0.400. The predicted molar refractivity (Wildman–Crippen MR) is 74.4 cm³/mol. The van der Waals surface area contributed by atoms with Crippen LogP contribution >= 0.6 is 0 Å². The van der Waals surface area contributed by atoms with E-state index in [-0.39, 0.29) is 11.5 Å². The van der Waals surface area contributed by atoms with Crippen LogP contribution in [0.3, 0.4) is 0 Å². The number of nitrogens with two attached hydrogens (primary N) is 1. The molecule has 3 heteroatoms. The van der Waals surface area contributed by atoms with Crippen molar-refractivity contribution in [1.29, 1.82) is 0 Å². The average Bonchev–Trinajstić information content (AvgIpc) is 2.74. The molecule has 1 heterocycles. The van der Waals surface area contributed by atoms with Crippen molar-refractivity contribution < 1.29 is 0 Å². The molecule has 1 unspecified atom stereocenters. The molecule has 0 bridgehead atoms. The van der Waals surface area contributed by atoms with E-state index in [4.69, 9.17) is 5.73 Å². The lowest BCUT2D eigenvalue weighted by Gasteiger charge is -2.25. The van der Waals surface area contributed by atoms with E-state index in [2.05, 4.69) is 44.1 Å². The minimum Gasteiger partial charge on any atom is -0.320 e. The van der Waals surface area contributed by atoms with Crippen molar-refractivity contribution >= 4 is 0 Å². The standard InChI is InChI=1S/C15H21N3/c1-15(2,3)13-8-6-5-7-12(13)14(16)11-9-17-18(4)10-11/h5-10,14H,16H2,1-4H3. The minimum atomic E-state index is -0.117. The van der Waals surface area contributed by atoms with E-state index in [0.29, 0.717) is 0 Å². The number of rotatable bonds is 2. The largest absolute Gasteiger partial charge is 0.320 e. The maximum absolute atomic E-state index is 6.37. The summed E-state index contributed by atoms with van der Waals surface area (Å²) >= 11 is 0. The van der Waals surface area contributed by atoms with Crippen molar-refractivity contribution in [1.82, 2.24) is 9.78 Å². The van der Waals surface area contributed by atoms with E-state index in [1.165, 1.54) is 11.1 Å². The van der Waals surface area contributed by atoms with Gasteiger partial charge in [-0.1, -0.05) is 45.0 Å². The first-order valence-corrected chi connectivity index (χ1v) is 6.23. The lowest BCUT2D eigenvalue weighted by atomic mass is 9.81. The van der Waals surface area contributed by atoms with Gasteiger partial charge in [0.2, 0.25) is 0 Å². The Morgan fingerprint density at radius 3 is 2.44 bits per heavy atom. The lowest BCUT2D eigenvalue weighted by molar-refractivity contribution is 0.578. The molecule has 1 atom stereocenters. The van der Waals surface area contributed by atoms with Crippen LogP contribution in [0.5, 0.6) is 0 Å². The van der Waals surface area contributed by atoms with Gasteiger partial charge in [-0.3, -0.25) is 4.68 Å². The van der Waals surface area contributed by atoms with Crippen LogP contribution in [0.15, 0.2) is 36.7 Å². The Morgan fingerprint density at radius 1 is 1.22 bits per heavy atom. The molecule has 2 aromatic rings. The summed E-state index contributed by atoms with van der Waals surface area (Å²) in [4.78, 5) is 0. The fourth-order valence-corrected chi connectivity index (χ4v) is 2.23. The molecule has 96 valence electrons. The fourth-order valence-electron chi connectivity index (χ4n) is 2.23. The third kappa shape index (κ3) is 2.46. The number of aryl methyl sites for hydroxylation is 1. The lowest BCUT2D eigenvalue weighted by Crippen LogP contribution is -2.20. The molecule has 0 radical (unpaired) electrons. The second kappa shape index (κ2) is 4.58. The van der Waals surface area contributed by atoms with Crippen molar-refractivity contribution in [3.8, 4) is 0 Å². The van der Waals surface area contributed by atoms with Gasteiger partial charge in [-0.15, -0.1) is 0 Å². The Hall–Kier alpha value is -1.61. The third-order valence-electron chi connectivity index (χ3n) is 3.19. The summed E-state index contributed by atoms with van der Waals surface area (Å²) < 4.78 is 1.79. The second-order valence-electron chi connectivity index (χ2n) is 5.76. The van der Waals surface area contributed by atoms with Gasteiger partial charge in [0, 0.05) is 18.8 Å². The molecule has 2 N–H and O–H groups in total. The molecule has 0 amide bonds. The molecule has 1 aromatic heterocycles. The summed E-state index contributed by atoms with van der Waals surface area (Å²) in [7, 11) is 1.91. The van der Waals surface area contributed by atoms with Gasteiger partial charge in [0.15, 0.2) is 0 Å². The van der Waals surface area contributed by atoms with Gasteiger partial charge in [0.05, 0.1) is 12.2 Å². The van der Waals surface area contributed by atoms with Gasteiger partial charge < -0.3 is 5.73 Å². The van der Waals surface area contributed by atoms with E-state index in [9.17, 15) is 0 Å². The smallest absolute Gasteiger partial charge is 0.0585 e. The molecule has 18 heavy (non-hydrogen) atoms. The Balaban J connectivity index is 2.45. The summed E-state index contributed by atoms with van der Waals surface area (Å²) in [5.74, 6) is 0. The third-order valence-corrected chi connectivity index (χ3v) is 3.19. The van der Waals surface area contributed by atoms with Crippen LogP contribution in [0.25, 0.3) is 0 Å². The molecule has 0 saturated carbocycles. The average molecular weight is 243 g/mol. The summed E-state index contributed by atoms with van der Waals surface area (Å²) in [6.45, 7) is 6.63. The van der Waals surface area contributed by atoms with Gasteiger partial charge in [0.25, 0.3) is 0 Å². The first kappa shape index (κ1) is 12.8. The zero-order valence-corrected chi connectivity index (χ0v) is 11.5. The van der Waals surface area contributed by atoms with Crippen LogP contribution in [0.2, 0.25) is 0 Å². The zero-order valence-electron chi connectivity index (χ0n) is 11.5. The first-order chi connectivity index (χ1) is 8.39. The van der Waals surface area contributed by atoms with Crippen LogP contribution in [0.1, 0.15) is 43.5 Å². The van der Waals surface area contributed by atoms with Crippen molar-refractivity contribution in [3.63, 3.8) is 0 Å². The number of aromatic nitrogens is 2. The van der Waals surface area contributed by atoms with Gasteiger partial charge in [-0.25, -0.2) is 0 Å². The quantitative estimate of drug-likeness (QED) is 0.881. The molecular weight excluding hydrogens is 222 g/mol. The first-order valence-electron chi connectivity index (χ1n) is 6.23. The molecular formula is C15H21N3. The summed E-state index contributed by atoms with van der Waals surface area (Å²) in [5, 5.41) is 4.19. The number of hydrogen-bond donors (Lipinski definition) is 1. The SMILES string of the molecule is Cn1cc(C(N)c2ccccc2C(C)(C)C)cn1. The van der Waals surface area contributed by atoms with Gasteiger partial charge >= 0.3 is 0 Å². The molecule has 0 aliphatic rings. The van der Waals surface area contributed by atoms with Crippen molar-refractivity contribution in [2.24, 2.45) is 12.8 Å². The van der Waals surface area contributed by atoms with E-state index in [1.807, 2.05) is 25.5 Å². The second-order valence-corrected chi connectivity index (χ2v) is 5.76. The van der Waals surface area contributed by atoms with Crippen LogP contribution in [0.4, 0.5) is 0 Å². The van der Waals surface area contributed by atoms with E-state index < -0.39 is 0 Å². The Kier molecular flexibility index (Phi) is 3.26. The van der Waals surface area contributed by atoms with E-state index in [1.54, 1.807) is 4.68 Å². The van der Waals surface area contributed by atoms with Crippen LogP contribution in [0, 0.1) is 0 Å². The molecule has 0 aliphatic heterocycles. The van der Waals surface area contributed by atoms with Gasteiger partial charge in [0.1, 0.15) is 0 Å². The highest BCUT2D eigenvalue weighted by molar-refractivity contribution is 5.39. The highest BCUT2D eigenvalue weighted by Gasteiger charge is 2.21. The molecule has 0 fully saturated rings. The molecule has 0 spiro atoms. The van der Waals surface area contributed by atoms with Crippen LogP contribution < -0.4 is 5.73 Å². The summed E-state index contributed by atoms with van der Waals surface area (Å²) in [6.07, 6.45) is 3.81. The number of hydrogen-bond acceptors (Lipinski definition) is 2. The van der Waals surface area contributed by atoms with Gasteiger partial charge in [-0.2, -0.15) is 5.10 Å². The monoisotopic (exact) mass is 243 g/mol. The zero-order chi connectivity index (χ0) is 13.3.